The molecule has 0 saturated heterocycles. The van der Waals surface area contributed by atoms with Crippen molar-refractivity contribution in [3.05, 3.63) is 122 Å². The molecule has 9 nitrogen and oxygen atoms in total. The van der Waals surface area contributed by atoms with Gasteiger partial charge >= 0.3 is 11.9 Å². The lowest BCUT2D eigenvalue weighted by molar-refractivity contribution is -0.870. The van der Waals surface area contributed by atoms with Gasteiger partial charge in [-0.2, -0.15) is 0 Å². The zero-order valence-electron chi connectivity index (χ0n) is 47.7. The van der Waals surface area contributed by atoms with Crippen LogP contribution in [0.4, 0.5) is 0 Å². The monoisotopic (exact) mass is 1050 g/mol. The third-order valence-corrected chi connectivity index (χ3v) is 12.9. The molecule has 0 amide bonds. The van der Waals surface area contributed by atoms with Gasteiger partial charge < -0.3 is 27.9 Å². The van der Waals surface area contributed by atoms with E-state index in [1.807, 2.05) is 21.1 Å². The van der Waals surface area contributed by atoms with Crippen molar-refractivity contribution in [3.63, 3.8) is 0 Å². The molecular weight excluding hydrogens is 942 g/mol. The van der Waals surface area contributed by atoms with Gasteiger partial charge in [0.05, 0.1) is 27.7 Å². The Morgan fingerprint density at radius 2 is 0.730 bits per heavy atom. The van der Waals surface area contributed by atoms with Gasteiger partial charge in [0.2, 0.25) is 0 Å². The minimum atomic E-state index is -4.65. The molecule has 0 bridgehead atoms. The predicted molar refractivity (Wildman–Crippen MR) is 314 cm³/mol. The van der Waals surface area contributed by atoms with Crippen LogP contribution in [0.5, 0.6) is 0 Å². The smallest absolute Gasteiger partial charge is 0.306 e. The van der Waals surface area contributed by atoms with Crippen LogP contribution in [0.25, 0.3) is 0 Å². The lowest BCUT2D eigenvalue weighted by Gasteiger charge is -2.28. The highest BCUT2D eigenvalue weighted by atomic mass is 31.2. The average molecular weight is 1050 g/mol. The molecule has 0 aliphatic heterocycles. The molecule has 0 aromatic carbocycles. The SMILES string of the molecule is CC/C=C\C/C=C\C/C=C\C/C=C\C/C=C\C/C=C\C/C=C\CCCCCCCCCCCCCCCC(=O)OC(COC(=O)CCCCCCC/C=C\C/C=C\C/C=C\CC)COP(=O)([O-])OCC[N+](C)(C)C. The quantitative estimate of drug-likeness (QED) is 0.0195. The number of hydrogen-bond acceptors (Lipinski definition) is 8. The standard InChI is InChI=1S/C64H108NO8P/c1-6-8-10-12-14-16-18-20-22-23-24-25-26-27-28-29-30-31-32-33-34-35-36-37-38-39-40-41-43-45-47-49-51-53-55-57-64(67)73-62(61-72-74(68,69)71-59-58-65(3,4)5)60-70-63(66)56-54-52-50-48-46-44-42-21-19-17-15-13-11-9-7-2/h8-11,14-17,20-22,24-25,27-28,30-31,33-34,42,62H,6-7,12-13,18-19,23,26,29,32,35-41,43-61H2,1-5H3/b10-8-,11-9-,16-14-,17-15-,22-20-,25-24-,28-27-,31-30-,34-33-,42-21-. The second kappa shape index (κ2) is 54.2. The summed E-state index contributed by atoms with van der Waals surface area (Å²) >= 11 is 0. The van der Waals surface area contributed by atoms with Gasteiger partial charge in [-0.15, -0.1) is 0 Å². The maximum atomic E-state index is 12.8. The van der Waals surface area contributed by atoms with Crippen LogP contribution in [-0.2, 0) is 32.7 Å². The summed E-state index contributed by atoms with van der Waals surface area (Å²) in [4.78, 5) is 37.8. The molecule has 10 heteroatoms. The van der Waals surface area contributed by atoms with E-state index in [1.54, 1.807) is 0 Å². The number of ether oxygens (including phenoxy) is 2. The van der Waals surface area contributed by atoms with Crippen LogP contribution in [-0.4, -0.2) is 70.0 Å². The molecule has 0 heterocycles. The Labute approximate surface area is 454 Å². The number of likely N-dealkylation sites (N-methyl/N-ethyl adjacent to an activating group) is 1. The maximum Gasteiger partial charge on any atom is 0.306 e. The zero-order valence-corrected chi connectivity index (χ0v) is 48.6. The van der Waals surface area contributed by atoms with Crippen LogP contribution in [0.1, 0.15) is 219 Å². The largest absolute Gasteiger partial charge is 0.756 e. The van der Waals surface area contributed by atoms with Crippen molar-refractivity contribution in [2.45, 2.75) is 225 Å². The Kier molecular flexibility index (Phi) is 51.6. The Balaban J connectivity index is 4.11. The summed E-state index contributed by atoms with van der Waals surface area (Å²) in [6.07, 6.45) is 76.8. The highest BCUT2D eigenvalue weighted by molar-refractivity contribution is 7.45. The minimum absolute atomic E-state index is 0.0395. The number of phosphoric acid groups is 1. The van der Waals surface area contributed by atoms with E-state index >= 15 is 0 Å². The number of unbranched alkanes of at least 4 members (excludes halogenated alkanes) is 18. The van der Waals surface area contributed by atoms with Crippen LogP contribution < -0.4 is 4.89 Å². The molecule has 2 unspecified atom stereocenters. The van der Waals surface area contributed by atoms with Crippen molar-refractivity contribution in [1.29, 1.82) is 0 Å². The fourth-order valence-corrected chi connectivity index (χ4v) is 8.26. The van der Waals surface area contributed by atoms with Crippen molar-refractivity contribution in [3.8, 4) is 0 Å². The molecular formula is C64H108NO8P. The van der Waals surface area contributed by atoms with E-state index in [4.69, 9.17) is 18.5 Å². The second-order valence-electron chi connectivity index (χ2n) is 20.2. The number of quaternary nitrogens is 1. The number of carbonyl (C=O) groups is 2. The van der Waals surface area contributed by atoms with Crippen molar-refractivity contribution in [1.82, 2.24) is 0 Å². The number of carbonyl (C=O) groups excluding carboxylic acids is 2. The first-order valence-corrected chi connectivity index (χ1v) is 30.7. The molecule has 74 heavy (non-hydrogen) atoms. The summed E-state index contributed by atoms with van der Waals surface area (Å²) < 4.78 is 34.1. The Morgan fingerprint density at radius 3 is 1.08 bits per heavy atom. The molecule has 0 rings (SSSR count). The normalized spacial score (nSPS) is 14.2. The van der Waals surface area contributed by atoms with Gasteiger partial charge in [-0.3, -0.25) is 14.2 Å². The molecule has 0 N–H and O–H groups in total. The molecule has 2 atom stereocenters. The molecule has 0 aromatic heterocycles. The number of esters is 2. The van der Waals surface area contributed by atoms with E-state index in [0.717, 1.165) is 116 Å². The summed E-state index contributed by atoms with van der Waals surface area (Å²) in [5.41, 5.74) is 0. The highest BCUT2D eigenvalue weighted by Gasteiger charge is 2.21. The highest BCUT2D eigenvalue weighted by Crippen LogP contribution is 2.38. The Bertz CT molecular complexity index is 1660. The number of rotatable bonds is 52. The van der Waals surface area contributed by atoms with Crippen molar-refractivity contribution >= 4 is 19.8 Å². The maximum absolute atomic E-state index is 12.8. The molecule has 422 valence electrons. The molecule has 0 fully saturated rings. The van der Waals surface area contributed by atoms with Gasteiger partial charge in [0.25, 0.3) is 7.82 Å². The summed E-state index contributed by atoms with van der Waals surface area (Å²) in [5, 5.41) is 0. The van der Waals surface area contributed by atoms with Gasteiger partial charge in [-0.1, -0.05) is 225 Å². The number of nitrogens with zero attached hydrogens (tertiary/aromatic N) is 1. The molecule has 0 aromatic rings. The predicted octanol–water partition coefficient (Wildman–Crippen LogP) is 17.7. The van der Waals surface area contributed by atoms with Crippen LogP contribution in [0, 0.1) is 0 Å². The second-order valence-corrected chi connectivity index (χ2v) is 21.7. The van der Waals surface area contributed by atoms with Crippen molar-refractivity contribution in [2.24, 2.45) is 0 Å². The van der Waals surface area contributed by atoms with Gasteiger partial charge in [0.1, 0.15) is 19.8 Å². The van der Waals surface area contributed by atoms with Gasteiger partial charge in [0.15, 0.2) is 6.10 Å². The molecule has 0 aliphatic rings. The lowest BCUT2D eigenvalue weighted by Crippen LogP contribution is -2.37. The lowest BCUT2D eigenvalue weighted by atomic mass is 10.0. The van der Waals surface area contributed by atoms with Gasteiger partial charge in [-0.05, 0) is 103 Å². The minimum Gasteiger partial charge on any atom is -0.756 e. The number of hydrogen-bond donors (Lipinski definition) is 0. The van der Waals surface area contributed by atoms with Crippen LogP contribution in [0.15, 0.2) is 122 Å². The molecule has 0 saturated carbocycles. The average Bonchev–Trinajstić information content (AvgIpc) is 3.36. The van der Waals surface area contributed by atoms with E-state index in [1.165, 1.54) is 64.2 Å². The third-order valence-electron chi connectivity index (χ3n) is 12.0. The fourth-order valence-electron chi connectivity index (χ4n) is 7.53. The molecule has 0 radical (unpaired) electrons. The van der Waals surface area contributed by atoms with Crippen LogP contribution >= 0.6 is 7.82 Å². The van der Waals surface area contributed by atoms with E-state index < -0.39 is 32.5 Å². The van der Waals surface area contributed by atoms with E-state index in [9.17, 15) is 19.0 Å². The van der Waals surface area contributed by atoms with Crippen molar-refractivity contribution < 1.29 is 42.1 Å². The Hall–Kier alpha value is -3.59. The molecule has 0 aliphatic carbocycles. The number of phosphoric ester groups is 1. The summed E-state index contributed by atoms with van der Waals surface area (Å²) in [6, 6.07) is 0. The summed E-state index contributed by atoms with van der Waals surface area (Å²) in [5.74, 6) is -0.861. The zero-order chi connectivity index (χ0) is 54.2. The fraction of sp³-hybridized carbons (Fsp3) is 0.656. The van der Waals surface area contributed by atoms with Crippen molar-refractivity contribution in [2.75, 3.05) is 47.5 Å². The van der Waals surface area contributed by atoms with Gasteiger partial charge in [0, 0.05) is 12.8 Å². The summed E-state index contributed by atoms with van der Waals surface area (Å²) in [7, 11) is 1.14. The van der Waals surface area contributed by atoms with E-state index in [-0.39, 0.29) is 26.1 Å². The topological polar surface area (TPSA) is 111 Å². The molecule has 0 spiro atoms. The first-order valence-electron chi connectivity index (χ1n) is 29.2. The first-order chi connectivity index (χ1) is 36.0. The Morgan fingerprint density at radius 1 is 0.419 bits per heavy atom. The third kappa shape index (κ3) is 57.7. The van der Waals surface area contributed by atoms with Gasteiger partial charge in [-0.25, -0.2) is 0 Å². The van der Waals surface area contributed by atoms with E-state index in [0.29, 0.717) is 23.9 Å². The first kappa shape index (κ1) is 70.4. The van der Waals surface area contributed by atoms with Crippen LogP contribution in [0.2, 0.25) is 0 Å². The number of allylic oxidation sites excluding steroid dienone is 20. The van der Waals surface area contributed by atoms with Crippen LogP contribution in [0.3, 0.4) is 0 Å². The summed E-state index contributed by atoms with van der Waals surface area (Å²) in [6.45, 7) is 3.98. The van der Waals surface area contributed by atoms with E-state index in [2.05, 4.69) is 135 Å².